The van der Waals surface area contributed by atoms with Gasteiger partial charge in [0, 0.05) is 7.11 Å². The molecule has 1 aromatic heterocycles. The highest BCUT2D eigenvalue weighted by molar-refractivity contribution is 6.31. The molecular weight excluding hydrogens is 228 g/mol. The van der Waals surface area contributed by atoms with Gasteiger partial charge in [-0.3, -0.25) is 16.0 Å². The average Bonchev–Trinajstić information content (AvgIpc) is 2.65. The highest BCUT2D eigenvalue weighted by Gasteiger charge is 2.17. The van der Waals surface area contributed by atoms with Crippen LogP contribution in [-0.2, 0) is 11.3 Å². The van der Waals surface area contributed by atoms with Crippen LogP contribution in [0.3, 0.4) is 0 Å². The standard InChI is InChI=1S/C10H17ClN4O/c1-3-4-9(14-12)10-8(11)7-13-15(10)5-6-16-2/h3,7,9,14H,1,4-6,12H2,2H3. The van der Waals surface area contributed by atoms with Crippen LogP contribution >= 0.6 is 11.6 Å². The van der Waals surface area contributed by atoms with Crippen molar-refractivity contribution >= 4 is 11.6 Å². The van der Waals surface area contributed by atoms with E-state index in [1.807, 2.05) is 0 Å². The molecule has 0 saturated heterocycles. The van der Waals surface area contributed by atoms with Gasteiger partial charge in [-0.25, -0.2) is 0 Å². The van der Waals surface area contributed by atoms with E-state index in [-0.39, 0.29) is 6.04 Å². The van der Waals surface area contributed by atoms with E-state index in [0.29, 0.717) is 24.6 Å². The van der Waals surface area contributed by atoms with Crippen LogP contribution in [0.4, 0.5) is 0 Å². The number of nitrogens with two attached hydrogens (primary N) is 1. The number of nitrogens with one attached hydrogen (secondary N) is 1. The van der Waals surface area contributed by atoms with E-state index in [1.165, 1.54) is 0 Å². The summed E-state index contributed by atoms with van der Waals surface area (Å²) in [5.41, 5.74) is 3.57. The zero-order chi connectivity index (χ0) is 12.0. The number of hydrogen-bond acceptors (Lipinski definition) is 4. The third kappa shape index (κ3) is 3.05. The van der Waals surface area contributed by atoms with E-state index in [0.717, 1.165) is 5.69 Å². The molecule has 0 aliphatic rings. The van der Waals surface area contributed by atoms with Crippen molar-refractivity contribution in [2.45, 2.75) is 19.0 Å². The van der Waals surface area contributed by atoms with E-state index >= 15 is 0 Å². The Labute approximate surface area is 100 Å². The number of nitrogens with zero attached hydrogens (tertiary/aromatic N) is 2. The SMILES string of the molecule is C=CCC(NN)c1c(Cl)cnn1CCOC. The largest absolute Gasteiger partial charge is 0.383 e. The Balaban J connectivity index is 2.89. The number of ether oxygens (including phenoxy) is 1. The van der Waals surface area contributed by atoms with Crippen LogP contribution in [0, 0.1) is 0 Å². The lowest BCUT2D eigenvalue weighted by molar-refractivity contribution is 0.181. The van der Waals surface area contributed by atoms with Gasteiger partial charge in [-0.15, -0.1) is 6.58 Å². The molecule has 1 unspecified atom stereocenters. The van der Waals surface area contributed by atoms with Crippen molar-refractivity contribution in [3.63, 3.8) is 0 Å². The molecule has 3 N–H and O–H groups in total. The van der Waals surface area contributed by atoms with Crippen molar-refractivity contribution in [1.29, 1.82) is 0 Å². The van der Waals surface area contributed by atoms with E-state index in [1.54, 1.807) is 24.1 Å². The summed E-state index contributed by atoms with van der Waals surface area (Å²) in [6.45, 7) is 4.91. The monoisotopic (exact) mass is 244 g/mol. The van der Waals surface area contributed by atoms with Crippen LogP contribution < -0.4 is 11.3 Å². The van der Waals surface area contributed by atoms with Gasteiger partial charge in [-0.05, 0) is 6.42 Å². The maximum Gasteiger partial charge on any atom is 0.0834 e. The Morgan fingerprint density at radius 3 is 3.12 bits per heavy atom. The molecule has 1 aromatic rings. The molecule has 0 radical (unpaired) electrons. The molecule has 0 saturated carbocycles. The molecule has 0 spiro atoms. The lowest BCUT2D eigenvalue weighted by Gasteiger charge is -2.16. The highest BCUT2D eigenvalue weighted by atomic mass is 35.5. The second-order valence-corrected chi connectivity index (χ2v) is 3.74. The number of rotatable bonds is 7. The van der Waals surface area contributed by atoms with Crippen LogP contribution in [0.1, 0.15) is 18.2 Å². The molecule has 6 heteroatoms. The van der Waals surface area contributed by atoms with Gasteiger partial charge in [0.2, 0.25) is 0 Å². The van der Waals surface area contributed by atoms with Crippen LogP contribution in [0.25, 0.3) is 0 Å². The maximum absolute atomic E-state index is 6.08. The second kappa shape index (κ2) is 6.65. The first kappa shape index (κ1) is 13.2. The fraction of sp³-hybridized carbons (Fsp3) is 0.500. The topological polar surface area (TPSA) is 65.1 Å². The average molecular weight is 245 g/mol. The van der Waals surface area contributed by atoms with Crippen molar-refractivity contribution in [2.75, 3.05) is 13.7 Å². The van der Waals surface area contributed by atoms with Crippen molar-refractivity contribution in [3.05, 3.63) is 29.6 Å². The van der Waals surface area contributed by atoms with Gasteiger partial charge in [0.15, 0.2) is 0 Å². The fourth-order valence-electron chi connectivity index (χ4n) is 1.50. The molecule has 0 aliphatic carbocycles. The first-order chi connectivity index (χ1) is 7.74. The van der Waals surface area contributed by atoms with Gasteiger partial charge in [-0.2, -0.15) is 5.10 Å². The highest BCUT2D eigenvalue weighted by Crippen LogP contribution is 2.24. The normalized spacial score (nSPS) is 12.7. The number of hydrazine groups is 1. The van der Waals surface area contributed by atoms with Crippen LogP contribution in [-0.4, -0.2) is 23.5 Å². The van der Waals surface area contributed by atoms with Crippen LogP contribution in [0.5, 0.6) is 0 Å². The van der Waals surface area contributed by atoms with Crippen LogP contribution in [0.15, 0.2) is 18.9 Å². The number of halogens is 1. The van der Waals surface area contributed by atoms with Gasteiger partial charge in [0.1, 0.15) is 0 Å². The lowest BCUT2D eigenvalue weighted by atomic mass is 10.1. The third-order valence-corrected chi connectivity index (χ3v) is 2.57. The van der Waals surface area contributed by atoms with Crippen molar-refractivity contribution < 1.29 is 4.74 Å². The lowest BCUT2D eigenvalue weighted by Crippen LogP contribution is -2.30. The summed E-state index contributed by atoms with van der Waals surface area (Å²) in [4.78, 5) is 0. The smallest absolute Gasteiger partial charge is 0.0834 e. The molecule has 1 rings (SSSR count). The molecular formula is C10H17ClN4O. The summed E-state index contributed by atoms with van der Waals surface area (Å²) in [5, 5.41) is 4.78. The summed E-state index contributed by atoms with van der Waals surface area (Å²) in [6.07, 6.45) is 4.09. The predicted octanol–water partition coefficient (Wildman–Crippen LogP) is 1.26. The quantitative estimate of drug-likeness (QED) is 0.431. The maximum atomic E-state index is 6.08. The molecule has 16 heavy (non-hydrogen) atoms. The Kier molecular flexibility index (Phi) is 5.48. The van der Waals surface area contributed by atoms with Crippen LogP contribution in [0.2, 0.25) is 5.02 Å². The molecule has 0 amide bonds. The van der Waals surface area contributed by atoms with Gasteiger partial charge in [0.25, 0.3) is 0 Å². The number of methoxy groups -OCH3 is 1. The molecule has 0 fully saturated rings. The fourth-order valence-corrected chi connectivity index (χ4v) is 1.77. The number of aromatic nitrogens is 2. The minimum absolute atomic E-state index is 0.0793. The Bertz CT molecular complexity index is 340. The van der Waals surface area contributed by atoms with E-state index in [4.69, 9.17) is 22.2 Å². The minimum Gasteiger partial charge on any atom is -0.383 e. The third-order valence-electron chi connectivity index (χ3n) is 2.27. The molecule has 1 heterocycles. The first-order valence-corrected chi connectivity index (χ1v) is 5.39. The summed E-state index contributed by atoms with van der Waals surface area (Å²) in [6, 6.07) is -0.0793. The zero-order valence-corrected chi connectivity index (χ0v) is 10.1. The Hall–Kier alpha value is -0.880. The van der Waals surface area contributed by atoms with Crippen molar-refractivity contribution in [3.8, 4) is 0 Å². The summed E-state index contributed by atoms with van der Waals surface area (Å²) >= 11 is 6.08. The Morgan fingerprint density at radius 2 is 2.56 bits per heavy atom. The van der Waals surface area contributed by atoms with E-state index < -0.39 is 0 Å². The minimum atomic E-state index is -0.0793. The van der Waals surface area contributed by atoms with Gasteiger partial charge >= 0.3 is 0 Å². The van der Waals surface area contributed by atoms with Crippen molar-refractivity contribution in [1.82, 2.24) is 15.2 Å². The molecule has 90 valence electrons. The predicted molar refractivity (Wildman–Crippen MR) is 64.0 cm³/mol. The molecule has 0 aromatic carbocycles. The molecule has 0 aliphatic heterocycles. The van der Waals surface area contributed by atoms with Gasteiger partial charge in [-0.1, -0.05) is 17.7 Å². The first-order valence-electron chi connectivity index (χ1n) is 5.01. The second-order valence-electron chi connectivity index (χ2n) is 3.34. The van der Waals surface area contributed by atoms with E-state index in [9.17, 15) is 0 Å². The summed E-state index contributed by atoms with van der Waals surface area (Å²) in [5.74, 6) is 5.49. The molecule has 1 atom stereocenters. The van der Waals surface area contributed by atoms with Gasteiger partial charge in [0.05, 0.1) is 36.1 Å². The number of hydrogen-bond donors (Lipinski definition) is 2. The molecule has 5 nitrogen and oxygen atoms in total. The summed E-state index contributed by atoms with van der Waals surface area (Å²) < 4.78 is 6.80. The molecule has 0 bridgehead atoms. The zero-order valence-electron chi connectivity index (χ0n) is 9.32. The summed E-state index contributed by atoms with van der Waals surface area (Å²) in [7, 11) is 1.65. The van der Waals surface area contributed by atoms with Gasteiger partial charge < -0.3 is 4.74 Å². The Morgan fingerprint density at radius 1 is 1.81 bits per heavy atom. The van der Waals surface area contributed by atoms with Crippen molar-refractivity contribution in [2.24, 2.45) is 5.84 Å². The van der Waals surface area contributed by atoms with E-state index in [2.05, 4.69) is 17.1 Å².